The van der Waals surface area contributed by atoms with Gasteiger partial charge in [-0.25, -0.2) is 0 Å². The molecule has 1 saturated heterocycles. The minimum absolute atomic E-state index is 0.770. The lowest BCUT2D eigenvalue weighted by Crippen LogP contribution is -2.35. The highest BCUT2D eigenvalue weighted by Crippen LogP contribution is 2.06. The molecule has 1 N–H and O–H groups in total. The summed E-state index contributed by atoms with van der Waals surface area (Å²) in [4.78, 5) is 2.45. The highest BCUT2D eigenvalue weighted by molar-refractivity contribution is 4.76. The molecule has 0 aromatic heterocycles. The Morgan fingerprint density at radius 3 is 2.92 bits per heavy atom. The fourth-order valence-corrected chi connectivity index (χ4v) is 1.81. The molecule has 1 aliphatic rings. The maximum atomic E-state index is 3.52. The summed E-state index contributed by atoms with van der Waals surface area (Å²) >= 11 is 0. The Hall–Kier alpha value is -0.0800. The van der Waals surface area contributed by atoms with Gasteiger partial charge in [0.25, 0.3) is 0 Å². The van der Waals surface area contributed by atoms with Gasteiger partial charge in [0.05, 0.1) is 0 Å². The third kappa shape index (κ3) is 3.55. The van der Waals surface area contributed by atoms with Crippen molar-refractivity contribution >= 4 is 0 Å². The van der Waals surface area contributed by atoms with Crippen LogP contribution in [0.5, 0.6) is 0 Å². The van der Waals surface area contributed by atoms with E-state index in [9.17, 15) is 0 Å². The maximum Gasteiger partial charge on any atom is 0.0195 e. The number of nitrogens with one attached hydrogen (secondary N) is 1. The normalized spacial score (nSPS) is 23.8. The minimum Gasteiger partial charge on any atom is -0.313 e. The lowest BCUT2D eigenvalue weighted by Gasteiger charge is -2.20. The Balaban J connectivity index is 2.03. The van der Waals surface area contributed by atoms with Crippen molar-refractivity contribution in [1.82, 2.24) is 10.2 Å². The van der Waals surface area contributed by atoms with E-state index in [0.717, 1.165) is 6.04 Å². The van der Waals surface area contributed by atoms with Gasteiger partial charge in [-0.3, -0.25) is 0 Å². The first-order valence-electron chi connectivity index (χ1n) is 5.25. The molecule has 0 amide bonds. The topological polar surface area (TPSA) is 15.3 Å². The summed E-state index contributed by atoms with van der Waals surface area (Å²) in [5.74, 6) is 0. The van der Waals surface area contributed by atoms with Crippen molar-refractivity contribution < 1.29 is 0 Å². The summed E-state index contributed by atoms with van der Waals surface area (Å²) in [7, 11) is 2.23. The van der Waals surface area contributed by atoms with Crippen LogP contribution in [0.1, 0.15) is 32.6 Å². The van der Waals surface area contributed by atoms with Crippen LogP contribution in [0, 0.1) is 0 Å². The summed E-state index contributed by atoms with van der Waals surface area (Å²) < 4.78 is 0. The van der Waals surface area contributed by atoms with Gasteiger partial charge in [-0.1, -0.05) is 13.3 Å². The van der Waals surface area contributed by atoms with Gasteiger partial charge in [-0.05, 0) is 39.4 Å². The van der Waals surface area contributed by atoms with Crippen LogP contribution in [0.3, 0.4) is 0 Å². The van der Waals surface area contributed by atoms with E-state index in [1.807, 2.05) is 0 Å². The fourth-order valence-electron chi connectivity index (χ4n) is 1.81. The molecule has 1 atom stereocenters. The van der Waals surface area contributed by atoms with Crippen molar-refractivity contribution in [1.29, 1.82) is 0 Å². The number of nitrogens with zero attached hydrogens (tertiary/aromatic N) is 1. The molecular formula is C10H22N2. The van der Waals surface area contributed by atoms with E-state index in [1.54, 1.807) is 0 Å². The van der Waals surface area contributed by atoms with Crippen molar-refractivity contribution in [3.8, 4) is 0 Å². The van der Waals surface area contributed by atoms with Crippen molar-refractivity contribution in [2.45, 2.75) is 38.6 Å². The zero-order chi connectivity index (χ0) is 8.81. The van der Waals surface area contributed by atoms with E-state index in [-0.39, 0.29) is 0 Å². The Morgan fingerprint density at radius 1 is 1.50 bits per heavy atom. The van der Waals surface area contributed by atoms with E-state index in [2.05, 4.69) is 24.2 Å². The summed E-state index contributed by atoms with van der Waals surface area (Å²) in [6, 6.07) is 0.770. The number of rotatable bonds is 5. The Kier molecular flexibility index (Phi) is 4.62. The molecule has 0 saturated carbocycles. The van der Waals surface area contributed by atoms with E-state index in [1.165, 1.54) is 45.3 Å². The third-order valence-corrected chi connectivity index (χ3v) is 2.59. The second kappa shape index (κ2) is 5.55. The lowest BCUT2D eigenvalue weighted by atomic mass is 10.2. The molecule has 2 nitrogen and oxygen atoms in total. The van der Waals surface area contributed by atoms with E-state index >= 15 is 0 Å². The SMILES string of the molecule is CCCCN(C)C[C@@H]1CCCN1. The standard InChI is InChI=1S/C10H22N2/c1-3-4-8-12(2)9-10-6-5-7-11-10/h10-11H,3-9H2,1-2H3/t10-/m0/s1. The molecule has 1 aliphatic heterocycles. The molecule has 0 aliphatic carbocycles. The molecule has 0 aromatic carbocycles. The molecule has 1 fully saturated rings. The molecule has 0 aromatic rings. The molecule has 12 heavy (non-hydrogen) atoms. The van der Waals surface area contributed by atoms with Gasteiger partial charge in [0.1, 0.15) is 0 Å². The van der Waals surface area contributed by atoms with Crippen LogP contribution in [-0.2, 0) is 0 Å². The molecular weight excluding hydrogens is 148 g/mol. The van der Waals surface area contributed by atoms with Gasteiger partial charge < -0.3 is 10.2 Å². The minimum atomic E-state index is 0.770. The number of hydrogen-bond acceptors (Lipinski definition) is 2. The number of unbranched alkanes of at least 4 members (excludes halogenated alkanes) is 1. The predicted molar refractivity (Wildman–Crippen MR) is 53.4 cm³/mol. The van der Waals surface area contributed by atoms with Crippen LogP contribution < -0.4 is 5.32 Å². The molecule has 72 valence electrons. The average molecular weight is 170 g/mol. The van der Waals surface area contributed by atoms with Gasteiger partial charge in [-0.15, -0.1) is 0 Å². The predicted octanol–water partition coefficient (Wildman–Crippen LogP) is 1.47. The lowest BCUT2D eigenvalue weighted by molar-refractivity contribution is 0.296. The van der Waals surface area contributed by atoms with Gasteiger partial charge in [0, 0.05) is 12.6 Å². The smallest absolute Gasteiger partial charge is 0.0195 e. The van der Waals surface area contributed by atoms with Crippen LogP contribution in [0.4, 0.5) is 0 Å². The van der Waals surface area contributed by atoms with E-state index in [4.69, 9.17) is 0 Å². The molecule has 0 radical (unpaired) electrons. The third-order valence-electron chi connectivity index (χ3n) is 2.59. The van der Waals surface area contributed by atoms with Gasteiger partial charge >= 0.3 is 0 Å². The first kappa shape index (κ1) is 10.0. The zero-order valence-electron chi connectivity index (χ0n) is 8.47. The molecule has 1 rings (SSSR count). The monoisotopic (exact) mass is 170 g/mol. The first-order chi connectivity index (χ1) is 5.83. The van der Waals surface area contributed by atoms with Crippen LogP contribution in [-0.4, -0.2) is 37.6 Å². The average Bonchev–Trinajstić information content (AvgIpc) is 2.53. The summed E-state index contributed by atoms with van der Waals surface area (Å²) in [6.07, 6.45) is 5.38. The van der Waals surface area contributed by atoms with Crippen molar-refractivity contribution in [2.24, 2.45) is 0 Å². The van der Waals surface area contributed by atoms with E-state index in [0.29, 0.717) is 0 Å². The molecule has 0 bridgehead atoms. The highest BCUT2D eigenvalue weighted by Gasteiger charge is 2.14. The Bertz CT molecular complexity index is 108. The van der Waals surface area contributed by atoms with Crippen molar-refractivity contribution in [3.63, 3.8) is 0 Å². The van der Waals surface area contributed by atoms with Crippen molar-refractivity contribution in [3.05, 3.63) is 0 Å². The molecule has 2 heteroatoms. The van der Waals surface area contributed by atoms with Gasteiger partial charge in [-0.2, -0.15) is 0 Å². The second-order valence-electron chi connectivity index (χ2n) is 3.91. The van der Waals surface area contributed by atoms with Crippen molar-refractivity contribution in [2.75, 3.05) is 26.7 Å². The first-order valence-corrected chi connectivity index (χ1v) is 5.25. The molecule has 0 spiro atoms. The van der Waals surface area contributed by atoms with Crippen LogP contribution in [0.25, 0.3) is 0 Å². The van der Waals surface area contributed by atoms with Gasteiger partial charge in [0.2, 0.25) is 0 Å². The Morgan fingerprint density at radius 2 is 2.33 bits per heavy atom. The Labute approximate surface area is 76.3 Å². The van der Waals surface area contributed by atoms with Gasteiger partial charge in [0.15, 0.2) is 0 Å². The van der Waals surface area contributed by atoms with Crippen LogP contribution in [0.2, 0.25) is 0 Å². The maximum absolute atomic E-state index is 3.52. The molecule has 0 unspecified atom stereocenters. The summed E-state index contributed by atoms with van der Waals surface area (Å²) in [5, 5.41) is 3.52. The second-order valence-corrected chi connectivity index (χ2v) is 3.91. The molecule has 1 heterocycles. The largest absolute Gasteiger partial charge is 0.313 e. The zero-order valence-corrected chi connectivity index (χ0v) is 8.47. The summed E-state index contributed by atoms with van der Waals surface area (Å²) in [6.45, 7) is 5.97. The van der Waals surface area contributed by atoms with Crippen LogP contribution >= 0.6 is 0 Å². The number of hydrogen-bond donors (Lipinski definition) is 1. The summed E-state index contributed by atoms with van der Waals surface area (Å²) in [5.41, 5.74) is 0. The van der Waals surface area contributed by atoms with E-state index < -0.39 is 0 Å². The fraction of sp³-hybridized carbons (Fsp3) is 1.00. The quantitative estimate of drug-likeness (QED) is 0.672. The van der Waals surface area contributed by atoms with Crippen LogP contribution in [0.15, 0.2) is 0 Å². The highest BCUT2D eigenvalue weighted by atomic mass is 15.1. The number of likely N-dealkylation sites (N-methyl/N-ethyl adjacent to an activating group) is 1.